The van der Waals surface area contributed by atoms with Crippen LogP contribution in [0.5, 0.6) is 0 Å². The van der Waals surface area contributed by atoms with E-state index in [2.05, 4.69) is 0 Å². The molecule has 0 unspecified atom stereocenters. The van der Waals surface area contributed by atoms with E-state index in [-0.39, 0.29) is 42.8 Å². The predicted octanol–water partition coefficient (Wildman–Crippen LogP) is 4.03. The van der Waals surface area contributed by atoms with Gasteiger partial charge in [-0.25, -0.2) is 8.42 Å². The molecule has 0 spiro atoms. The Kier molecular flexibility index (Phi) is 5.93. The van der Waals surface area contributed by atoms with Crippen LogP contribution in [-0.4, -0.2) is 44.2 Å². The van der Waals surface area contributed by atoms with Crippen molar-refractivity contribution in [1.82, 2.24) is 4.31 Å². The Balaban J connectivity index is 1.14. The third-order valence-corrected chi connectivity index (χ3v) is 10.8. The number of hydrogen-bond acceptors (Lipinski definition) is 5. The number of ketones is 1. The number of hydrogen-bond donors (Lipinski definition) is 0. The summed E-state index contributed by atoms with van der Waals surface area (Å²) < 4.78 is 33.0. The van der Waals surface area contributed by atoms with E-state index in [0.29, 0.717) is 35.5 Å². The van der Waals surface area contributed by atoms with Crippen molar-refractivity contribution in [2.45, 2.75) is 70.1 Å². The minimum atomic E-state index is -3.58. The van der Waals surface area contributed by atoms with Gasteiger partial charge in [-0.2, -0.15) is 4.31 Å². The highest BCUT2D eigenvalue weighted by Gasteiger charge is 2.54. The van der Waals surface area contributed by atoms with Crippen LogP contribution in [0.15, 0.2) is 23.1 Å². The quantitative estimate of drug-likeness (QED) is 0.583. The third-order valence-electron chi connectivity index (χ3n) is 8.88. The smallest absolute Gasteiger partial charge is 0.309 e. The molecule has 5 fully saturated rings. The molecule has 5 aliphatic rings. The maximum atomic E-state index is 13.1. The Morgan fingerprint density at radius 3 is 2.09 bits per heavy atom. The number of benzene rings is 1. The molecule has 0 amide bonds. The molecule has 1 aromatic carbocycles. The van der Waals surface area contributed by atoms with E-state index >= 15 is 0 Å². The lowest BCUT2D eigenvalue weighted by Crippen LogP contribution is -2.51. The highest BCUT2D eigenvalue weighted by atomic mass is 32.2. The van der Waals surface area contributed by atoms with Gasteiger partial charge in [-0.15, -0.1) is 0 Å². The molecule has 4 saturated carbocycles. The van der Waals surface area contributed by atoms with E-state index in [1.54, 1.807) is 12.1 Å². The zero-order valence-corrected chi connectivity index (χ0v) is 20.5. The SMILES string of the molecule is Cc1ccc(S(=O)(=O)N2CCC(C(=O)OCC(=O)C34CC5CC(CC(C5)C3)C4)CC2)cc1C. The Morgan fingerprint density at radius 1 is 0.970 bits per heavy atom. The number of sulfonamides is 1. The van der Waals surface area contributed by atoms with E-state index in [9.17, 15) is 18.0 Å². The highest BCUT2D eigenvalue weighted by molar-refractivity contribution is 7.89. The average Bonchev–Trinajstić information content (AvgIpc) is 2.78. The first-order valence-corrected chi connectivity index (χ1v) is 13.9. The van der Waals surface area contributed by atoms with Crippen LogP contribution in [0.2, 0.25) is 0 Å². The predicted molar refractivity (Wildman–Crippen MR) is 124 cm³/mol. The summed E-state index contributed by atoms with van der Waals surface area (Å²) in [7, 11) is -3.58. The topological polar surface area (TPSA) is 80.8 Å². The standard InChI is InChI=1S/C26H35NO5S/c1-17-3-4-23(9-18(17)2)33(30,31)27-7-5-22(6-8-27)25(29)32-16-24(28)26-13-19-10-20(14-26)12-21(11-19)15-26/h3-4,9,19-22H,5-8,10-16H2,1-2H3. The van der Waals surface area contributed by atoms with E-state index < -0.39 is 10.0 Å². The number of ether oxygens (including phenoxy) is 1. The second-order valence-electron chi connectivity index (χ2n) is 11.2. The van der Waals surface area contributed by atoms with Gasteiger partial charge in [0.05, 0.1) is 10.8 Å². The molecule has 6 rings (SSSR count). The van der Waals surface area contributed by atoms with Crippen LogP contribution < -0.4 is 0 Å². The van der Waals surface area contributed by atoms with Crippen LogP contribution in [0.25, 0.3) is 0 Å². The molecule has 33 heavy (non-hydrogen) atoms. The number of esters is 1. The van der Waals surface area contributed by atoms with Gasteiger partial charge in [0.2, 0.25) is 10.0 Å². The van der Waals surface area contributed by atoms with Crippen molar-refractivity contribution in [3.05, 3.63) is 29.3 Å². The van der Waals surface area contributed by atoms with Crippen LogP contribution >= 0.6 is 0 Å². The van der Waals surface area contributed by atoms with Crippen molar-refractivity contribution in [2.75, 3.05) is 19.7 Å². The number of aryl methyl sites for hydroxylation is 2. The molecule has 0 N–H and O–H groups in total. The Labute approximate surface area is 197 Å². The fraction of sp³-hybridized carbons (Fsp3) is 0.692. The number of Topliss-reactive ketones (excluding diaryl/α,β-unsaturated/α-hetero) is 1. The zero-order valence-electron chi connectivity index (χ0n) is 19.7. The Hall–Kier alpha value is -1.73. The molecule has 1 saturated heterocycles. The molecule has 0 radical (unpaired) electrons. The number of carbonyl (C=O) groups is 2. The second-order valence-corrected chi connectivity index (χ2v) is 13.1. The van der Waals surface area contributed by atoms with E-state index in [0.717, 1.165) is 30.4 Å². The van der Waals surface area contributed by atoms with Gasteiger partial charge >= 0.3 is 5.97 Å². The van der Waals surface area contributed by atoms with Gasteiger partial charge in [0.1, 0.15) is 0 Å². The first kappa shape index (κ1) is 23.0. The van der Waals surface area contributed by atoms with Gasteiger partial charge in [-0.3, -0.25) is 9.59 Å². The largest absolute Gasteiger partial charge is 0.457 e. The summed E-state index contributed by atoms with van der Waals surface area (Å²) >= 11 is 0. The molecule has 7 heteroatoms. The average molecular weight is 474 g/mol. The summed E-state index contributed by atoms with van der Waals surface area (Å²) in [5.74, 6) is 1.46. The van der Waals surface area contributed by atoms with Crippen LogP contribution in [-0.2, 0) is 24.3 Å². The van der Waals surface area contributed by atoms with Gasteiger partial charge in [-0.1, -0.05) is 6.07 Å². The van der Waals surface area contributed by atoms with Gasteiger partial charge in [0.25, 0.3) is 0 Å². The van der Waals surface area contributed by atoms with Gasteiger partial charge < -0.3 is 4.74 Å². The summed E-state index contributed by atoms with van der Waals surface area (Å²) in [4.78, 5) is 26.1. The van der Waals surface area contributed by atoms with Crippen molar-refractivity contribution in [1.29, 1.82) is 0 Å². The van der Waals surface area contributed by atoms with Crippen molar-refractivity contribution in [3.8, 4) is 0 Å². The highest BCUT2D eigenvalue weighted by Crippen LogP contribution is 2.60. The number of piperidine rings is 1. The summed E-state index contributed by atoms with van der Waals surface area (Å²) in [6.45, 7) is 4.32. The van der Waals surface area contributed by atoms with Gasteiger partial charge in [-0.05, 0) is 106 Å². The second kappa shape index (κ2) is 8.49. The van der Waals surface area contributed by atoms with Crippen molar-refractivity contribution in [3.63, 3.8) is 0 Å². The molecular weight excluding hydrogens is 438 g/mol. The lowest BCUT2D eigenvalue weighted by atomic mass is 9.48. The maximum absolute atomic E-state index is 13.1. The van der Waals surface area contributed by atoms with Crippen molar-refractivity contribution >= 4 is 21.8 Å². The number of rotatable bonds is 6. The van der Waals surface area contributed by atoms with Crippen molar-refractivity contribution in [2.24, 2.45) is 29.1 Å². The lowest BCUT2D eigenvalue weighted by molar-refractivity contribution is -0.161. The molecule has 1 aromatic rings. The maximum Gasteiger partial charge on any atom is 0.309 e. The zero-order chi connectivity index (χ0) is 23.4. The van der Waals surface area contributed by atoms with E-state index in [1.807, 2.05) is 19.9 Å². The monoisotopic (exact) mass is 473 g/mol. The fourth-order valence-electron chi connectivity index (χ4n) is 7.22. The minimum Gasteiger partial charge on any atom is -0.457 e. The van der Waals surface area contributed by atoms with Crippen LogP contribution in [0, 0.1) is 42.9 Å². The Morgan fingerprint density at radius 2 is 1.55 bits per heavy atom. The molecule has 1 aliphatic heterocycles. The fourth-order valence-corrected chi connectivity index (χ4v) is 8.77. The molecule has 6 nitrogen and oxygen atoms in total. The summed E-state index contributed by atoms with van der Waals surface area (Å²) in [5, 5.41) is 0. The Bertz CT molecular complexity index is 1020. The van der Waals surface area contributed by atoms with Crippen LogP contribution in [0.1, 0.15) is 62.5 Å². The molecule has 1 heterocycles. The van der Waals surface area contributed by atoms with Gasteiger partial charge in [0, 0.05) is 18.5 Å². The molecule has 0 atom stereocenters. The summed E-state index contributed by atoms with van der Waals surface area (Å²) in [6.07, 6.45) is 7.60. The van der Waals surface area contributed by atoms with Crippen molar-refractivity contribution < 1.29 is 22.7 Å². The number of carbonyl (C=O) groups excluding carboxylic acids is 2. The molecule has 4 bridgehead atoms. The first-order chi connectivity index (χ1) is 15.7. The molecule has 4 aliphatic carbocycles. The lowest BCUT2D eigenvalue weighted by Gasteiger charge is -2.55. The van der Waals surface area contributed by atoms with E-state index in [1.165, 1.54) is 23.6 Å². The number of nitrogens with zero attached hydrogens (tertiary/aromatic N) is 1. The summed E-state index contributed by atoms with van der Waals surface area (Å²) in [5.41, 5.74) is 1.75. The minimum absolute atomic E-state index is 0.115. The molecular formula is C26H35NO5S. The van der Waals surface area contributed by atoms with Crippen LogP contribution in [0.3, 0.4) is 0 Å². The summed E-state index contributed by atoms with van der Waals surface area (Å²) in [6, 6.07) is 5.18. The van der Waals surface area contributed by atoms with Gasteiger partial charge in [0.15, 0.2) is 12.4 Å². The van der Waals surface area contributed by atoms with E-state index in [4.69, 9.17) is 4.74 Å². The van der Waals surface area contributed by atoms with Crippen LogP contribution in [0.4, 0.5) is 0 Å². The molecule has 180 valence electrons. The first-order valence-electron chi connectivity index (χ1n) is 12.4. The molecule has 0 aromatic heterocycles. The third kappa shape index (κ3) is 4.27. The normalized spacial score (nSPS) is 32.1.